The fraction of sp³-hybridized carbons (Fsp3) is 0.615. The van der Waals surface area contributed by atoms with E-state index in [4.69, 9.17) is 14.2 Å². The summed E-state index contributed by atoms with van der Waals surface area (Å²) in [5.41, 5.74) is 0. The molecule has 0 unspecified atom stereocenters. The van der Waals surface area contributed by atoms with Crippen molar-refractivity contribution in [3.8, 4) is 0 Å². The van der Waals surface area contributed by atoms with Crippen molar-refractivity contribution < 1.29 is 28.6 Å². The molecule has 6 heteroatoms. The highest BCUT2D eigenvalue weighted by atomic mass is 16.6. The van der Waals surface area contributed by atoms with Crippen molar-refractivity contribution in [3.63, 3.8) is 0 Å². The summed E-state index contributed by atoms with van der Waals surface area (Å²) in [6.45, 7) is 6.38. The highest BCUT2D eigenvalue weighted by molar-refractivity contribution is 5.71. The van der Waals surface area contributed by atoms with E-state index in [-0.39, 0.29) is 44.0 Å². The standard InChI is InChI=1S/C65H104O6/c1-4-7-10-13-16-19-22-25-28-31-32-35-38-41-44-47-50-53-56-59-65(68)71-62(60-69-63(66)57-54-51-48-45-42-39-36-33-29-26-23-20-17-14-11-8-5-2)61-70-64(67)58-55-52-49-46-43-40-37-34-30-27-24-21-18-15-12-9-6-3/h8,11,16-21,25-30,32,35-36,39,41,44-45,48,62H,4-7,9-10,12-15,22-24,31,33-34,37-38,40,42-43,46-47,49-61H2,1-3H3/b11-8-,19-16-,20-17-,21-18-,28-25-,29-26-,30-27-,35-32-,39-36-,44-41-,48-45-/t62-/m1/s1. The average Bonchev–Trinajstić information content (AvgIpc) is 3.37. The Morgan fingerprint density at radius 3 is 0.930 bits per heavy atom. The molecule has 71 heavy (non-hydrogen) atoms. The lowest BCUT2D eigenvalue weighted by Crippen LogP contribution is -2.30. The minimum Gasteiger partial charge on any atom is -0.462 e. The second-order valence-electron chi connectivity index (χ2n) is 18.5. The summed E-state index contributed by atoms with van der Waals surface area (Å²) in [5.74, 6) is -1.02. The van der Waals surface area contributed by atoms with Crippen LogP contribution in [0.15, 0.2) is 134 Å². The molecule has 0 aromatic heterocycles. The van der Waals surface area contributed by atoms with Crippen LogP contribution in [0.4, 0.5) is 0 Å². The quantitative estimate of drug-likeness (QED) is 0.0262. The Balaban J connectivity index is 4.58. The Hall–Kier alpha value is -4.45. The zero-order valence-electron chi connectivity index (χ0n) is 45.7. The number of rotatable bonds is 50. The zero-order chi connectivity index (χ0) is 51.4. The number of esters is 3. The van der Waals surface area contributed by atoms with Crippen molar-refractivity contribution in [2.75, 3.05) is 13.2 Å². The predicted molar refractivity (Wildman–Crippen MR) is 306 cm³/mol. The van der Waals surface area contributed by atoms with Crippen molar-refractivity contribution in [1.82, 2.24) is 0 Å². The molecule has 0 spiro atoms. The first-order valence-corrected chi connectivity index (χ1v) is 28.7. The summed E-state index contributed by atoms with van der Waals surface area (Å²) in [5, 5.41) is 0. The summed E-state index contributed by atoms with van der Waals surface area (Å²) in [6.07, 6.45) is 81.5. The third kappa shape index (κ3) is 56.3. The van der Waals surface area contributed by atoms with E-state index < -0.39 is 6.10 Å². The molecular formula is C65H104O6. The molecule has 0 rings (SSSR count). The molecule has 0 saturated carbocycles. The minimum absolute atomic E-state index is 0.117. The van der Waals surface area contributed by atoms with Crippen LogP contribution in [0.1, 0.15) is 239 Å². The van der Waals surface area contributed by atoms with Crippen molar-refractivity contribution >= 4 is 17.9 Å². The molecule has 0 amide bonds. The molecule has 0 aromatic rings. The number of ether oxygens (including phenoxy) is 3. The number of hydrogen-bond acceptors (Lipinski definition) is 6. The summed E-state index contributed by atoms with van der Waals surface area (Å²) < 4.78 is 16.8. The second-order valence-corrected chi connectivity index (χ2v) is 18.5. The minimum atomic E-state index is -0.827. The van der Waals surface area contributed by atoms with Gasteiger partial charge < -0.3 is 14.2 Å². The molecule has 0 fully saturated rings. The molecule has 0 bridgehead atoms. The van der Waals surface area contributed by atoms with Gasteiger partial charge in [0, 0.05) is 19.3 Å². The maximum atomic E-state index is 12.9. The van der Waals surface area contributed by atoms with Crippen LogP contribution < -0.4 is 0 Å². The van der Waals surface area contributed by atoms with Crippen LogP contribution in [0.2, 0.25) is 0 Å². The smallest absolute Gasteiger partial charge is 0.306 e. The first-order chi connectivity index (χ1) is 35.0. The van der Waals surface area contributed by atoms with Gasteiger partial charge in [-0.05, 0) is 135 Å². The summed E-state index contributed by atoms with van der Waals surface area (Å²) in [4.78, 5) is 38.2. The molecule has 0 N–H and O–H groups in total. The average molecular weight is 982 g/mol. The van der Waals surface area contributed by atoms with E-state index in [1.54, 1.807) is 0 Å². The molecule has 0 heterocycles. The molecule has 0 aromatic carbocycles. The van der Waals surface area contributed by atoms with Gasteiger partial charge in [0.1, 0.15) is 13.2 Å². The van der Waals surface area contributed by atoms with E-state index in [9.17, 15) is 14.4 Å². The number of allylic oxidation sites excluding steroid dienone is 22. The Morgan fingerprint density at radius 1 is 0.296 bits per heavy atom. The van der Waals surface area contributed by atoms with Crippen molar-refractivity contribution in [3.05, 3.63) is 134 Å². The van der Waals surface area contributed by atoms with Crippen molar-refractivity contribution in [2.24, 2.45) is 0 Å². The van der Waals surface area contributed by atoms with E-state index in [1.807, 2.05) is 0 Å². The van der Waals surface area contributed by atoms with E-state index in [2.05, 4.69) is 154 Å². The van der Waals surface area contributed by atoms with Gasteiger partial charge in [-0.2, -0.15) is 0 Å². The van der Waals surface area contributed by atoms with Gasteiger partial charge in [0.25, 0.3) is 0 Å². The summed E-state index contributed by atoms with van der Waals surface area (Å²) in [7, 11) is 0. The van der Waals surface area contributed by atoms with Crippen LogP contribution >= 0.6 is 0 Å². The summed E-state index contributed by atoms with van der Waals surface area (Å²) in [6, 6.07) is 0. The third-order valence-corrected chi connectivity index (χ3v) is 11.6. The van der Waals surface area contributed by atoms with Crippen LogP contribution in [0, 0.1) is 0 Å². The van der Waals surface area contributed by atoms with Crippen LogP contribution in [0.25, 0.3) is 0 Å². The van der Waals surface area contributed by atoms with Crippen LogP contribution in [-0.2, 0) is 28.6 Å². The lowest BCUT2D eigenvalue weighted by atomic mass is 10.1. The van der Waals surface area contributed by atoms with Gasteiger partial charge in [-0.25, -0.2) is 0 Å². The zero-order valence-corrected chi connectivity index (χ0v) is 45.7. The monoisotopic (exact) mass is 981 g/mol. The second kappa shape index (κ2) is 58.1. The SMILES string of the molecule is CC/C=C\C/C=C\C/C=C\C/C=C\C/C=C\CCCC(=O)OC[C@H](COC(=O)CCCCCCCCC/C=C\C/C=C\CCCCC)OC(=O)CCCCC/C=C\C/C=C\C/C=C\C/C=C\CCCCC. The Bertz CT molecular complexity index is 1550. The van der Waals surface area contributed by atoms with E-state index in [0.29, 0.717) is 19.3 Å². The molecule has 400 valence electrons. The third-order valence-electron chi connectivity index (χ3n) is 11.6. The molecule has 0 aliphatic rings. The Morgan fingerprint density at radius 2 is 0.563 bits per heavy atom. The molecule has 0 radical (unpaired) electrons. The lowest BCUT2D eigenvalue weighted by Gasteiger charge is -2.18. The topological polar surface area (TPSA) is 78.9 Å². The van der Waals surface area contributed by atoms with Gasteiger partial charge in [0.15, 0.2) is 6.10 Å². The lowest BCUT2D eigenvalue weighted by molar-refractivity contribution is -0.167. The van der Waals surface area contributed by atoms with Crippen molar-refractivity contribution in [1.29, 1.82) is 0 Å². The maximum absolute atomic E-state index is 12.9. The van der Waals surface area contributed by atoms with Gasteiger partial charge in [0.2, 0.25) is 0 Å². The van der Waals surface area contributed by atoms with Crippen LogP contribution in [-0.4, -0.2) is 37.2 Å². The molecule has 0 aliphatic heterocycles. The fourth-order valence-corrected chi connectivity index (χ4v) is 7.31. The molecule has 6 nitrogen and oxygen atoms in total. The maximum Gasteiger partial charge on any atom is 0.306 e. The molecular weight excluding hydrogens is 877 g/mol. The van der Waals surface area contributed by atoms with E-state index >= 15 is 0 Å². The van der Waals surface area contributed by atoms with Crippen molar-refractivity contribution in [2.45, 2.75) is 245 Å². The van der Waals surface area contributed by atoms with Gasteiger partial charge >= 0.3 is 17.9 Å². The molecule has 0 saturated heterocycles. The number of hydrogen-bond donors (Lipinski definition) is 0. The van der Waals surface area contributed by atoms with Gasteiger partial charge in [-0.1, -0.05) is 219 Å². The number of unbranched alkanes of at least 4 members (excludes halogenated alkanes) is 17. The summed E-state index contributed by atoms with van der Waals surface area (Å²) >= 11 is 0. The predicted octanol–water partition coefficient (Wildman–Crippen LogP) is 19.4. The molecule has 1 atom stereocenters. The normalized spacial score (nSPS) is 13.1. The van der Waals surface area contributed by atoms with Crippen LogP contribution in [0.5, 0.6) is 0 Å². The number of carbonyl (C=O) groups excluding carboxylic acids is 3. The van der Waals surface area contributed by atoms with Gasteiger partial charge in [-0.3, -0.25) is 14.4 Å². The Labute approximate surface area is 436 Å². The molecule has 0 aliphatic carbocycles. The largest absolute Gasteiger partial charge is 0.462 e. The fourth-order valence-electron chi connectivity index (χ4n) is 7.31. The van der Waals surface area contributed by atoms with Crippen LogP contribution in [0.3, 0.4) is 0 Å². The van der Waals surface area contributed by atoms with Gasteiger partial charge in [0.05, 0.1) is 0 Å². The highest BCUT2D eigenvalue weighted by Crippen LogP contribution is 2.13. The Kier molecular flexibility index (Phi) is 54.5. The van der Waals surface area contributed by atoms with E-state index in [0.717, 1.165) is 109 Å². The number of carbonyl (C=O) groups is 3. The van der Waals surface area contributed by atoms with E-state index in [1.165, 1.54) is 77.0 Å². The first-order valence-electron chi connectivity index (χ1n) is 28.7. The first kappa shape index (κ1) is 66.6. The van der Waals surface area contributed by atoms with Gasteiger partial charge in [-0.15, -0.1) is 0 Å². The highest BCUT2D eigenvalue weighted by Gasteiger charge is 2.19.